The number of sulfonamides is 1. The molecule has 0 heterocycles. The molecule has 0 spiro atoms. The lowest BCUT2D eigenvalue weighted by molar-refractivity contribution is -0.140. The van der Waals surface area contributed by atoms with E-state index in [0.717, 1.165) is 9.87 Å². The van der Waals surface area contributed by atoms with Gasteiger partial charge in [-0.05, 0) is 67.4 Å². The molecule has 0 aliphatic carbocycles. The van der Waals surface area contributed by atoms with Gasteiger partial charge in [0.05, 0.1) is 22.7 Å². The zero-order valence-corrected chi connectivity index (χ0v) is 28.6. The second-order valence-corrected chi connectivity index (χ2v) is 13.9. The molecule has 8 nitrogen and oxygen atoms in total. The zero-order chi connectivity index (χ0) is 33.4. The molecule has 0 radical (unpaired) electrons. The van der Waals surface area contributed by atoms with E-state index in [1.165, 1.54) is 42.3 Å². The summed E-state index contributed by atoms with van der Waals surface area (Å²) in [6.07, 6.45) is 0.163. The molecule has 4 rings (SSSR count). The molecule has 4 aromatic rings. The summed E-state index contributed by atoms with van der Waals surface area (Å²) in [6, 6.07) is 25.1. The van der Waals surface area contributed by atoms with E-state index in [9.17, 15) is 18.0 Å². The molecular formula is C34H34Cl3N3O5S. The van der Waals surface area contributed by atoms with Crippen LogP contribution in [-0.4, -0.2) is 50.9 Å². The Morgan fingerprint density at radius 3 is 2.09 bits per heavy atom. The van der Waals surface area contributed by atoms with Crippen molar-refractivity contribution in [3.05, 3.63) is 123 Å². The molecular weight excluding hydrogens is 669 g/mol. The maximum atomic E-state index is 14.5. The molecule has 0 fully saturated rings. The van der Waals surface area contributed by atoms with Gasteiger partial charge >= 0.3 is 0 Å². The highest BCUT2D eigenvalue weighted by atomic mass is 35.5. The topological polar surface area (TPSA) is 96.0 Å². The molecule has 0 unspecified atom stereocenters. The van der Waals surface area contributed by atoms with Gasteiger partial charge in [-0.3, -0.25) is 13.9 Å². The van der Waals surface area contributed by atoms with Crippen LogP contribution in [0.2, 0.25) is 15.1 Å². The van der Waals surface area contributed by atoms with Crippen LogP contribution in [0.5, 0.6) is 5.75 Å². The molecule has 0 bridgehead atoms. The molecule has 4 aromatic carbocycles. The first-order valence-corrected chi connectivity index (χ1v) is 17.0. The number of amides is 2. The third kappa shape index (κ3) is 8.73. The maximum absolute atomic E-state index is 14.5. The Bertz CT molecular complexity index is 1770. The van der Waals surface area contributed by atoms with Crippen LogP contribution in [-0.2, 0) is 32.6 Å². The van der Waals surface area contributed by atoms with E-state index in [-0.39, 0.29) is 34.6 Å². The van der Waals surface area contributed by atoms with Crippen molar-refractivity contribution in [1.82, 2.24) is 10.2 Å². The summed E-state index contributed by atoms with van der Waals surface area (Å²) in [6.45, 7) is 2.90. The Morgan fingerprint density at radius 2 is 1.50 bits per heavy atom. The number of anilines is 1. The van der Waals surface area contributed by atoms with E-state index in [4.69, 9.17) is 39.5 Å². The molecule has 0 aromatic heterocycles. The number of carbonyl (C=O) groups excluding carboxylic acids is 2. The van der Waals surface area contributed by atoms with E-state index < -0.39 is 34.4 Å². The number of carbonyl (C=O) groups is 2. The number of halogens is 3. The van der Waals surface area contributed by atoms with E-state index in [1.54, 1.807) is 36.4 Å². The summed E-state index contributed by atoms with van der Waals surface area (Å²) in [7, 11) is -2.84. The molecule has 0 saturated carbocycles. The lowest BCUT2D eigenvalue weighted by Crippen LogP contribution is -2.54. The molecule has 2 amide bonds. The Labute approximate surface area is 284 Å². The highest BCUT2D eigenvalue weighted by molar-refractivity contribution is 7.92. The largest absolute Gasteiger partial charge is 0.495 e. The van der Waals surface area contributed by atoms with Crippen molar-refractivity contribution >= 4 is 62.3 Å². The van der Waals surface area contributed by atoms with Crippen molar-refractivity contribution < 1.29 is 22.7 Å². The monoisotopic (exact) mass is 701 g/mol. The minimum atomic E-state index is -4.29. The van der Waals surface area contributed by atoms with Crippen LogP contribution in [0.25, 0.3) is 0 Å². The minimum Gasteiger partial charge on any atom is -0.495 e. The molecule has 1 atom stereocenters. The highest BCUT2D eigenvalue weighted by Gasteiger charge is 2.35. The molecule has 0 aliphatic heterocycles. The number of rotatable bonds is 13. The SMILES string of the molecule is COc1ccc(N(CC(=O)N(Cc2ccc(Cl)cc2Cl)[C@@H](Cc2ccccc2)C(=O)NC(C)C)S(=O)(=O)c2ccccc2)cc1Cl. The van der Waals surface area contributed by atoms with Gasteiger partial charge < -0.3 is 15.0 Å². The first-order valence-electron chi connectivity index (χ1n) is 14.4. The fourth-order valence-corrected chi connectivity index (χ4v) is 6.97. The van der Waals surface area contributed by atoms with Gasteiger partial charge in [0, 0.05) is 29.1 Å². The quantitative estimate of drug-likeness (QED) is 0.162. The average Bonchev–Trinajstić information content (AvgIpc) is 3.02. The summed E-state index contributed by atoms with van der Waals surface area (Å²) < 4.78 is 34.5. The molecule has 12 heteroatoms. The standard InChI is InChI=1S/C34H34Cl3N3O5S/c1-23(2)38-34(42)31(18-24-10-6-4-7-11-24)39(21-25-14-15-26(35)19-29(25)36)33(41)22-40(27-16-17-32(45-3)30(37)20-27)46(43,44)28-12-8-5-9-13-28/h4-17,19-20,23,31H,18,21-22H2,1-3H3,(H,38,42)/t31-/m0/s1. The van der Waals surface area contributed by atoms with Gasteiger partial charge in [-0.1, -0.05) is 89.4 Å². The number of benzene rings is 4. The van der Waals surface area contributed by atoms with E-state index in [2.05, 4.69) is 5.32 Å². The van der Waals surface area contributed by atoms with Crippen LogP contribution >= 0.6 is 34.8 Å². The molecule has 1 N–H and O–H groups in total. The van der Waals surface area contributed by atoms with E-state index >= 15 is 0 Å². The third-order valence-corrected chi connectivity index (χ3v) is 9.76. The number of methoxy groups -OCH3 is 1. The predicted molar refractivity (Wildman–Crippen MR) is 183 cm³/mol. The Balaban J connectivity index is 1.84. The van der Waals surface area contributed by atoms with Gasteiger partial charge in [0.25, 0.3) is 10.0 Å². The second-order valence-electron chi connectivity index (χ2n) is 10.8. The number of nitrogens with zero attached hydrogens (tertiary/aromatic N) is 2. The summed E-state index contributed by atoms with van der Waals surface area (Å²) in [4.78, 5) is 29.7. The average molecular weight is 703 g/mol. The highest BCUT2D eigenvalue weighted by Crippen LogP contribution is 2.32. The fraction of sp³-hybridized carbons (Fsp3) is 0.235. The fourth-order valence-electron chi connectivity index (χ4n) is 4.83. The summed E-state index contributed by atoms with van der Waals surface area (Å²) in [5, 5.41) is 3.77. The maximum Gasteiger partial charge on any atom is 0.264 e. The van der Waals surface area contributed by atoms with Crippen LogP contribution < -0.4 is 14.4 Å². The summed E-state index contributed by atoms with van der Waals surface area (Å²) in [5.41, 5.74) is 1.47. The van der Waals surface area contributed by atoms with Gasteiger partial charge in [0.2, 0.25) is 11.8 Å². The predicted octanol–water partition coefficient (Wildman–Crippen LogP) is 7.02. The normalized spacial score (nSPS) is 12.0. The first-order chi connectivity index (χ1) is 21.9. The van der Waals surface area contributed by atoms with Gasteiger partial charge in [-0.15, -0.1) is 0 Å². The van der Waals surface area contributed by atoms with Gasteiger partial charge in [-0.2, -0.15) is 0 Å². The van der Waals surface area contributed by atoms with Crippen LogP contribution in [0.15, 0.2) is 102 Å². The molecule has 46 heavy (non-hydrogen) atoms. The van der Waals surface area contributed by atoms with E-state index in [1.807, 2.05) is 44.2 Å². The van der Waals surface area contributed by atoms with Gasteiger partial charge in [-0.25, -0.2) is 8.42 Å². The lowest BCUT2D eigenvalue weighted by Gasteiger charge is -2.34. The summed E-state index contributed by atoms with van der Waals surface area (Å²) in [5.74, 6) is -0.708. The van der Waals surface area contributed by atoms with Crippen molar-refractivity contribution in [3.8, 4) is 5.75 Å². The third-order valence-electron chi connectivity index (χ3n) is 7.09. The first kappa shape index (κ1) is 35.1. The summed E-state index contributed by atoms with van der Waals surface area (Å²) >= 11 is 19.1. The molecule has 0 aliphatic rings. The zero-order valence-electron chi connectivity index (χ0n) is 25.5. The molecule has 0 saturated heterocycles. The second kappa shape index (κ2) is 15.7. The van der Waals surface area contributed by atoms with Crippen LogP contribution in [0.1, 0.15) is 25.0 Å². The Kier molecular flexibility index (Phi) is 12.0. The molecule has 242 valence electrons. The van der Waals surface area contributed by atoms with Crippen LogP contribution in [0, 0.1) is 0 Å². The van der Waals surface area contributed by atoms with Crippen molar-refractivity contribution in [1.29, 1.82) is 0 Å². The Morgan fingerprint density at radius 1 is 0.848 bits per heavy atom. The number of ether oxygens (including phenoxy) is 1. The van der Waals surface area contributed by atoms with Crippen LogP contribution in [0.4, 0.5) is 5.69 Å². The van der Waals surface area contributed by atoms with Crippen molar-refractivity contribution in [3.63, 3.8) is 0 Å². The number of hydrogen-bond acceptors (Lipinski definition) is 5. The van der Waals surface area contributed by atoms with Crippen molar-refractivity contribution in [2.75, 3.05) is 18.0 Å². The van der Waals surface area contributed by atoms with Crippen LogP contribution in [0.3, 0.4) is 0 Å². The number of hydrogen-bond donors (Lipinski definition) is 1. The van der Waals surface area contributed by atoms with Crippen molar-refractivity contribution in [2.24, 2.45) is 0 Å². The minimum absolute atomic E-state index is 0.0274. The van der Waals surface area contributed by atoms with Gasteiger partial charge in [0.15, 0.2) is 0 Å². The lowest BCUT2D eigenvalue weighted by atomic mass is 10.0. The number of nitrogens with one attached hydrogen (secondary N) is 1. The Hall–Kier alpha value is -3.76. The van der Waals surface area contributed by atoms with Crippen molar-refractivity contribution in [2.45, 2.75) is 43.8 Å². The van der Waals surface area contributed by atoms with Gasteiger partial charge in [0.1, 0.15) is 18.3 Å². The smallest absolute Gasteiger partial charge is 0.264 e. The van der Waals surface area contributed by atoms with E-state index in [0.29, 0.717) is 21.4 Å².